The first kappa shape index (κ1) is 10.4. The number of nitrogens with one attached hydrogen (secondary N) is 2. The van der Waals surface area contributed by atoms with Gasteiger partial charge in [-0.1, -0.05) is 0 Å². The molecule has 2 rings (SSSR count). The van der Waals surface area contributed by atoms with Crippen LogP contribution in [0.1, 0.15) is 0 Å². The van der Waals surface area contributed by atoms with Crippen molar-refractivity contribution in [2.75, 3.05) is 18.6 Å². The van der Waals surface area contributed by atoms with E-state index in [4.69, 9.17) is 5.21 Å². The Kier molecular flexibility index (Phi) is 3.84. The number of anilines is 1. The molecule has 1 aliphatic rings. The Hall–Kier alpha value is -1.66. The first-order valence-corrected chi connectivity index (χ1v) is 4.09. The highest BCUT2D eigenvalue weighted by molar-refractivity contribution is 5.46. The van der Waals surface area contributed by atoms with Gasteiger partial charge in [-0.25, -0.2) is 0 Å². The lowest BCUT2D eigenvalue weighted by Gasteiger charge is -1.95. The van der Waals surface area contributed by atoms with Gasteiger partial charge in [0.1, 0.15) is 0 Å². The minimum atomic E-state index is -0.499. The number of hydrogen-bond acceptors (Lipinski definition) is 5. The fourth-order valence-corrected chi connectivity index (χ4v) is 0.658. The van der Waals surface area contributed by atoms with Crippen molar-refractivity contribution in [3.8, 4) is 0 Å². The number of nitro groups is 1. The molecule has 0 radical (unpaired) electrons. The van der Waals surface area contributed by atoms with E-state index in [1.54, 1.807) is 0 Å². The first-order valence-electron chi connectivity index (χ1n) is 4.09. The third-order valence-corrected chi connectivity index (χ3v) is 1.46. The van der Waals surface area contributed by atoms with Gasteiger partial charge in [-0.3, -0.25) is 20.8 Å². The van der Waals surface area contributed by atoms with Crippen molar-refractivity contribution >= 4 is 11.4 Å². The maximum Gasteiger partial charge on any atom is 0.269 e. The van der Waals surface area contributed by atoms with E-state index in [0.29, 0.717) is 5.69 Å². The maximum atomic E-state index is 10.1. The molecule has 1 heterocycles. The lowest BCUT2D eigenvalue weighted by molar-refractivity contribution is -0.384. The molecule has 1 aromatic rings. The molecule has 1 saturated heterocycles. The second-order valence-electron chi connectivity index (χ2n) is 2.67. The van der Waals surface area contributed by atoms with Crippen LogP contribution in [0.3, 0.4) is 0 Å². The van der Waals surface area contributed by atoms with Crippen molar-refractivity contribution in [3.63, 3.8) is 0 Å². The summed E-state index contributed by atoms with van der Waals surface area (Å²) in [6, 6.07) is 5.44. The third-order valence-electron chi connectivity index (χ3n) is 1.46. The highest BCUT2D eigenvalue weighted by Crippen LogP contribution is 2.14. The fourth-order valence-electron chi connectivity index (χ4n) is 0.658. The summed E-state index contributed by atoms with van der Waals surface area (Å²) < 4.78 is 0. The molecule has 1 aromatic carbocycles. The number of non-ortho nitro benzene ring substituents is 1. The van der Waals surface area contributed by atoms with Gasteiger partial charge in [-0.05, 0) is 12.1 Å². The predicted octanol–water partition coefficient (Wildman–Crippen LogP) is 0.986. The van der Waals surface area contributed by atoms with Gasteiger partial charge in [0.2, 0.25) is 0 Å². The summed E-state index contributed by atoms with van der Waals surface area (Å²) in [4.78, 5) is 9.62. The molecule has 0 bridgehead atoms. The molecule has 0 amide bonds. The first-order chi connectivity index (χ1) is 6.74. The van der Waals surface area contributed by atoms with E-state index in [1.807, 2.05) is 5.48 Å². The van der Waals surface area contributed by atoms with E-state index in [1.165, 1.54) is 37.4 Å². The molecule has 3 N–H and O–H groups in total. The number of nitro benzene ring substituents is 1. The minimum Gasteiger partial charge on any atom is -0.314 e. The smallest absolute Gasteiger partial charge is 0.269 e. The molecule has 14 heavy (non-hydrogen) atoms. The van der Waals surface area contributed by atoms with Crippen LogP contribution >= 0.6 is 0 Å². The highest BCUT2D eigenvalue weighted by Gasteiger charge is 2.02. The van der Waals surface area contributed by atoms with Crippen LogP contribution in [-0.4, -0.2) is 23.2 Å². The van der Waals surface area contributed by atoms with Crippen molar-refractivity contribution in [2.45, 2.75) is 0 Å². The molecule has 0 saturated carbocycles. The predicted molar refractivity (Wildman–Crippen MR) is 51.4 cm³/mol. The monoisotopic (exact) mass is 197 g/mol. The molecule has 1 aliphatic heterocycles. The molecular formula is C8H11N3O3. The number of benzene rings is 1. The van der Waals surface area contributed by atoms with Gasteiger partial charge in [-0.15, -0.1) is 0 Å². The average Bonchev–Trinajstić information content (AvgIpc) is 3.05. The molecule has 6 nitrogen and oxygen atoms in total. The SMILES string of the molecule is C1CN1.O=[N+]([O-])c1ccc(NO)cc1. The highest BCUT2D eigenvalue weighted by atomic mass is 16.6. The molecule has 0 aliphatic carbocycles. The van der Waals surface area contributed by atoms with Crippen LogP contribution in [0, 0.1) is 10.1 Å². The lowest BCUT2D eigenvalue weighted by atomic mass is 10.3. The van der Waals surface area contributed by atoms with Crippen LogP contribution in [-0.2, 0) is 0 Å². The van der Waals surface area contributed by atoms with Gasteiger partial charge >= 0.3 is 0 Å². The Morgan fingerprint density at radius 3 is 2.14 bits per heavy atom. The Morgan fingerprint density at radius 1 is 1.36 bits per heavy atom. The van der Waals surface area contributed by atoms with Crippen molar-refractivity contribution in [2.24, 2.45) is 0 Å². The Labute approximate surface area is 80.7 Å². The maximum absolute atomic E-state index is 10.1. The van der Waals surface area contributed by atoms with Crippen LogP contribution in [0.25, 0.3) is 0 Å². The van der Waals surface area contributed by atoms with Crippen LogP contribution in [0.4, 0.5) is 11.4 Å². The van der Waals surface area contributed by atoms with Crippen molar-refractivity contribution in [1.82, 2.24) is 5.32 Å². The van der Waals surface area contributed by atoms with E-state index in [0.717, 1.165) is 0 Å². The molecule has 1 fully saturated rings. The number of rotatable bonds is 2. The molecule has 76 valence electrons. The zero-order valence-electron chi connectivity index (χ0n) is 7.43. The summed E-state index contributed by atoms with van der Waals surface area (Å²) in [6.07, 6.45) is 0. The van der Waals surface area contributed by atoms with Gasteiger partial charge < -0.3 is 5.32 Å². The van der Waals surface area contributed by atoms with E-state index in [2.05, 4.69) is 5.32 Å². The van der Waals surface area contributed by atoms with Crippen molar-refractivity contribution in [3.05, 3.63) is 34.4 Å². The largest absolute Gasteiger partial charge is 0.314 e. The standard InChI is InChI=1S/C6H6N2O3.C2H5N/c9-7-5-1-3-6(4-2-5)8(10)11;1-2-3-1/h1-4,7,9H;3H,1-2H2. The van der Waals surface area contributed by atoms with Gasteiger partial charge in [-0.2, -0.15) is 0 Å². The molecular weight excluding hydrogens is 186 g/mol. The Morgan fingerprint density at radius 2 is 1.86 bits per heavy atom. The van der Waals surface area contributed by atoms with Crippen LogP contribution in [0.2, 0.25) is 0 Å². The van der Waals surface area contributed by atoms with E-state index in [-0.39, 0.29) is 5.69 Å². The average molecular weight is 197 g/mol. The normalized spacial score (nSPS) is 12.4. The minimum absolute atomic E-state index is 0.00370. The molecule has 0 aromatic heterocycles. The van der Waals surface area contributed by atoms with Crippen molar-refractivity contribution in [1.29, 1.82) is 0 Å². The zero-order chi connectivity index (χ0) is 10.4. The Balaban J connectivity index is 0.000000276. The third kappa shape index (κ3) is 3.83. The topological polar surface area (TPSA) is 97.3 Å². The summed E-state index contributed by atoms with van der Waals surface area (Å²) in [7, 11) is 0. The summed E-state index contributed by atoms with van der Waals surface area (Å²) in [5.41, 5.74) is 2.30. The van der Waals surface area contributed by atoms with Crippen LogP contribution in [0.15, 0.2) is 24.3 Å². The summed E-state index contributed by atoms with van der Waals surface area (Å²) in [5.74, 6) is 0. The van der Waals surface area contributed by atoms with E-state index < -0.39 is 4.92 Å². The summed E-state index contributed by atoms with van der Waals surface area (Å²) >= 11 is 0. The molecule has 0 unspecified atom stereocenters. The summed E-state index contributed by atoms with van der Waals surface area (Å²) in [6.45, 7) is 2.50. The van der Waals surface area contributed by atoms with Gasteiger partial charge in [0.05, 0.1) is 10.6 Å². The molecule has 0 atom stereocenters. The van der Waals surface area contributed by atoms with E-state index in [9.17, 15) is 10.1 Å². The van der Waals surface area contributed by atoms with Gasteiger partial charge in [0, 0.05) is 25.2 Å². The lowest BCUT2D eigenvalue weighted by Crippen LogP contribution is -1.90. The van der Waals surface area contributed by atoms with E-state index >= 15 is 0 Å². The molecule has 0 spiro atoms. The Bertz CT molecular complexity index is 294. The summed E-state index contributed by atoms with van der Waals surface area (Å²) in [5, 5.41) is 21.5. The van der Waals surface area contributed by atoms with Gasteiger partial charge in [0.15, 0.2) is 0 Å². The number of hydrogen-bond donors (Lipinski definition) is 3. The second-order valence-corrected chi connectivity index (χ2v) is 2.67. The fraction of sp³-hybridized carbons (Fsp3) is 0.250. The quantitative estimate of drug-likeness (QED) is 0.373. The van der Waals surface area contributed by atoms with Crippen LogP contribution in [0.5, 0.6) is 0 Å². The van der Waals surface area contributed by atoms with Crippen LogP contribution < -0.4 is 10.8 Å². The van der Waals surface area contributed by atoms with Gasteiger partial charge in [0.25, 0.3) is 5.69 Å². The second kappa shape index (κ2) is 5.15. The zero-order valence-corrected chi connectivity index (χ0v) is 7.43. The van der Waals surface area contributed by atoms with Crippen molar-refractivity contribution < 1.29 is 10.1 Å². The number of nitrogens with zero attached hydrogens (tertiary/aromatic N) is 1. The molecule has 6 heteroatoms.